The van der Waals surface area contributed by atoms with E-state index in [0.29, 0.717) is 13.2 Å². The fraction of sp³-hybridized carbons (Fsp3) is 0.348. The van der Waals surface area contributed by atoms with Crippen LogP contribution < -0.4 is 5.73 Å². The van der Waals surface area contributed by atoms with E-state index in [0.717, 1.165) is 29.3 Å². The molecule has 1 aliphatic rings. The summed E-state index contributed by atoms with van der Waals surface area (Å²) in [6.45, 7) is 3.28. The van der Waals surface area contributed by atoms with Crippen LogP contribution in [0, 0.1) is 6.92 Å². The predicted molar refractivity (Wildman–Crippen MR) is 122 cm³/mol. The lowest BCUT2D eigenvalue weighted by atomic mass is 10.0. The molecule has 3 aromatic rings. The number of nitrogens with two attached hydrogens (primary N) is 1. The summed E-state index contributed by atoms with van der Waals surface area (Å²) >= 11 is 7.80. The largest absolute Gasteiger partial charge is 0.399 e. The summed E-state index contributed by atoms with van der Waals surface area (Å²) in [5.74, 6) is 0.166. The molecule has 5 nitrogen and oxygen atoms in total. The molecule has 30 heavy (non-hydrogen) atoms. The highest BCUT2D eigenvalue weighted by molar-refractivity contribution is 7.99. The number of aromatic nitrogens is 2. The van der Waals surface area contributed by atoms with Gasteiger partial charge >= 0.3 is 0 Å². The number of rotatable bonds is 8. The number of ether oxygens (including phenoxy) is 2. The lowest BCUT2D eigenvalue weighted by molar-refractivity contribution is -0.180. The van der Waals surface area contributed by atoms with E-state index in [-0.39, 0.29) is 6.10 Å². The Labute approximate surface area is 186 Å². The van der Waals surface area contributed by atoms with Gasteiger partial charge in [-0.3, -0.25) is 0 Å². The summed E-state index contributed by atoms with van der Waals surface area (Å²) in [6.07, 6.45) is 7.16. The van der Waals surface area contributed by atoms with Gasteiger partial charge in [-0.2, -0.15) is 0 Å². The van der Waals surface area contributed by atoms with Crippen LogP contribution in [0.4, 0.5) is 5.69 Å². The Morgan fingerprint density at radius 2 is 2.10 bits per heavy atom. The van der Waals surface area contributed by atoms with Gasteiger partial charge in [0.2, 0.25) is 0 Å². The lowest BCUT2D eigenvalue weighted by Crippen LogP contribution is -2.37. The van der Waals surface area contributed by atoms with Crippen molar-refractivity contribution in [2.75, 3.05) is 18.1 Å². The van der Waals surface area contributed by atoms with Crippen molar-refractivity contribution in [1.82, 2.24) is 9.55 Å². The summed E-state index contributed by atoms with van der Waals surface area (Å²) in [5.41, 5.74) is 9.06. The van der Waals surface area contributed by atoms with Gasteiger partial charge in [0, 0.05) is 40.2 Å². The maximum atomic E-state index is 6.51. The number of anilines is 1. The fourth-order valence-electron chi connectivity index (χ4n) is 3.65. The second-order valence-electron chi connectivity index (χ2n) is 7.66. The SMILES string of the molecule is Cc1cc(N)ccc1SC[C@@H]1CO[C@@](CCc2ccc(Cl)cc2)(Cn2ccnc2)O1. The Bertz CT molecular complexity index is 965. The van der Waals surface area contributed by atoms with E-state index >= 15 is 0 Å². The smallest absolute Gasteiger partial charge is 0.187 e. The zero-order valence-electron chi connectivity index (χ0n) is 17.0. The number of nitrogen functional groups attached to an aromatic ring is 1. The molecular formula is C23H26ClN3O2S. The van der Waals surface area contributed by atoms with Gasteiger partial charge in [-0.25, -0.2) is 4.98 Å². The predicted octanol–water partition coefficient (Wildman–Crippen LogP) is 4.96. The number of halogens is 1. The first-order valence-electron chi connectivity index (χ1n) is 10.0. The van der Waals surface area contributed by atoms with E-state index in [4.69, 9.17) is 26.8 Å². The lowest BCUT2D eigenvalue weighted by Gasteiger charge is -2.28. The van der Waals surface area contributed by atoms with Crippen LogP contribution in [0.1, 0.15) is 17.5 Å². The minimum atomic E-state index is -0.665. The van der Waals surface area contributed by atoms with Crippen LogP contribution in [-0.4, -0.2) is 33.8 Å². The van der Waals surface area contributed by atoms with E-state index in [1.165, 1.54) is 16.0 Å². The Kier molecular flexibility index (Phi) is 6.68. The molecule has 0 radical (unpaired) electrons. The number of hydrogen-bond donors (Lipinski definition) is 1. The van der Waals surface area contributed by atoms with Crippen LogP contribution in [0.2, 0.25) is 5.02 Å². The van der Waals surface area contributed by atoms with Crippen molar-refractivity contribution in [2.45, 2.75) is 43.1 Å². The highest BCUT2D eigenvalue weighted by Crippen LogP contribution is 2.34. The number of thioether (sulfide) groups is 1. The van der Waals surface area contributed by atoms with Crippen molar-refractivity contribution < 1.29 is 9.47 Å². The van der Waals surface area contributed by atoms with Crippen molar-refractivity contribution in [2.24, 2.45) is 0 Å². The van der Waals surface area contributed by atoms with Crippen LogP contribution in [0.25, 0.3) is 0 Å². The van der Waals surface area contributed by atoms with Crippen LogP contribution in [0.3, 0.4) is 0 Å². The summed E-state index contributed by atoms with van der Waals surface area (Å²) in [7, 11) is 0. The van der Waals surface area contributed by atoms with E-state index in [9.17, 15) is 0 Å². The number of hydrogen-bond acceptors (Lipinski definition) is 5. The molecule has 1 fully saturated rings. The third-order valence-corrected chi connectivity index (χ3v) is 6.79. The highest BCUT2D eigenvalue weighted by Gasteiger charge is 2.41. The Morgan fingerprint density at radius 1 is 1.27 bits per heavy atom. The monoisotopic (exact) mass is 443 g/mol. The van der Waals surface area contributed by atoms with Gasteiger partial charge in [0.05, 0.1) is 25.6 Å². The van der Waals surface area contributed by atoms with Crippen LogP contribution in [0.5, 0.6) is 0 Å². The normalized spacial score (nSPS) is 21.2. The second kappa shape index (κ2) is 9.43. The van der Waals surface area contributed by atoms with E-state index < -0.39 is 5.79 Å². The molecule has 1 aliphatic heterocycles. The quantitative estimate of drug-likeness (QED) is 0.393. The minimum Gasteiger partial charge on any atom is -0.399 e. The van der Waals surface area contributed by atoms with Gasteiger partial charge in [0.15, 0.2) is 5.79 Å². The summed E-state index contributed by atoms with van der Waals surface area (Å²) in [5, 5.41) is 0.746. The zero-order chi connectivity index (χ0) is 21.0. The Balaban J connectivity index is 1.41. The van der Waals surface area contributed by atoms with Gasteiger partial charge in [-0.05, 0) is 54.8 Å². The molecule has 0 aliphatic carbocycles. The van der Waals surface area contributed by atoms with Crippen molar-refractivity contribution >= 4 is 29.1 Å². The highest BCUT2D eigenvalue weighted by atomic mass is 35.5. The average Bonchev–Trinajstić information content (AvgIpc) is 3.38. The van der Waals surface area contributed by atoms with Crippen molar-refractivity contribution in [3.05, 3.63) is 77.3 Å². The molecule has 4 rings (SSSR count). The molecule has 2 aromatic carbocycles. The average molecular weight is 444 g/mol. The van der Waals surface area contributed by atoms with Gasteiger partial charge in [-0.1, -0.05) is 23.7 Å². The Hall–Kier alpha value is -1.99. The first-order chi connectivity index (χ1) is 14.5. The molecule has 1 aromatic heterocycles. The molecule has 0 saturated carbocycles. The molecule has 0 unspecified atom stereocenters. The molecule has 7 heteroatoms. The molecule has 158 valence electrons. The third kappa shape index (κ3) is 5.38. The number of benzene rings is 2. The van der Waals surface area contributed by atoms with E-state index in [1.807, 2.05) is 35.0 Å². The number of aryl methyl sites for hydroxylation is 2. The molecular weight excluding hydrogens is 418 g/mol. The van der Waals surface area contributed by atoms with Crippen LogP contribution in [-0.2, 0) is 22.4 Å². The fourth-order valence-corrected chi connectivity index (χ4v) is 4.76. The number of imidazole rings is 1. The first kappa shape index (κ1) is 21.2. The van der Waals surface area contributed by atoms with Crippen molar-refractivity contribution in [3.8, 4) is 0 Å². The summed E-state index contributed by atoms with van der Waals surface area (Å²) in [6, 6.07) is 14.0. The molecule has 0 amide bonds. The topological polar surface area (TPSA) is 62.3 Å². The second-order valence-corrected chi connectivity index (χ2v) is 9.16. The van der Waals surface area contributed by atoms with Crippen molar-refractivity contribution in [3.63, 3.8) is 0 Å². The van der Waals surface area contributed by atoms with Gasteiger partial charge < -0.3 is 19.8 Å². The van der Waals surface area contributed by atoms with Crippen LogP contribution >= 0.6 is 23.4 Å². The van der Waals surface area contributed by atoms with Gasteiger partial charge in [0.25, 0.3) is 0 Å². The molecule has 2 atom stereocenters. The maximum Gasteiger partial charge on any atom is 0.187 e. The molecule has 0 bridgehead atoms. The minimum absolute atomic E-state index is 0.0284. The molecule has 2 heterocycles. The zero-order valence-corrected chi connectivity index (χ0v) is 18.5. The standard InChI is InChI=1S/C23H26ClN3O2S/c1-17-12-20(25)6-7-22(17)30-14-21-13-28-23(29-21,15-27-11-10-26-16-27)9-8-18-2-4-19(24)5-3-18/h2-7,10-12,16,21H,8-9,13-15,25H2,1H3/t21-,23+/m0/s1. The molecule has 2 N–H and O–H groups in total. The molecule has 1 saturated heterocycles. The van der Waals surface area contributed by atoms with E-state index in [2.05, 4.69) is 30.1 Å². The van der Waals surface area contributed by atoms with E-state index in [1.54, 1.807) is 24.3 Å². The molecule has 0 spiro atoms. The Morgan fingerprint density at radius 3 is 2.83 bits per heavy atom. The maximum absolute atomic E-state index is 6.51. The first-order valence-corrected chi connectivity index (χ1v) is 11.4. The third-order valence-electron chi connectivity index (χ3n) is 5.23. The van der Waals surface area contributed by atoms with Gasteiger partial charge in [-0.15, -0.1) is 11.8 Å². The van der Waals surface area contributed by atoms with Crippen molar-refractivity contribution in [1.29, 1.82) is 0 Å². The van der Waals surface area contributed by atoms with Gasteiger partial charge in [0.1, 0.15) is 0 Å². The summed E-state index contributed by atoms with van der Waals surface area (Å²) in [4.78, 5) is 5.38. The van der Waals surface area contributed by atoms with Crippen LogP contribution in [0.15, 0.2) is 66.1 Å². The number of nitrogens with zero attached hydrogens (tertiary/aromatic N) is 2. The summed E-state index contributed by atoms with van der Waals surface area (Å²) < 4.78 is 14.8.